The lowest BCUT2D eigenvalue weighted by molar-refractivity contribution is 0.0591. The molecule has 0 bridgehead atoms. The second-order valence-corrected chi connectivity index (χ2v) is 6.36. The van der Waals surface area contributed by atoms with E-state index in [9.17, 15) is 9.59 Å². The SMILES string of the molecule is COC(=O)c1nc(CSCC(C)C)sc1C(C)=O. The molecule has 0 fully saturated rings. The summed E-state index contributed by atoms with van der Waals surface area (Å²) >= 11 is 3.03. The molecular weight excluding hydrogens is 270 g/mol. The number of hydrogen-bond acceptors (Lipinski definition) is 6. The molecule has 0 atom stereocenters. The van der Waals surface area contributed by atoms with Crippen molar-refractivity contribution in [3.05, 3.63) is 15.6 Å². The topological polar surface area (TPSA) is 56.3 Å². The first-order chi connectivity index (χ1) is 8.45. The second kappa shape index (κ2) is 6.89. The second-order valence-electron chi connectivity index (χ2n) is 4.24. The van der Waals surface area contributed by atoms with E-state index in [1.165, 1.54) is 25.4 Å². The highest BCUT2D eigenvalue weighted by molar-refractivity contribution is 7.98. The number of aromatic nitrogens is 1. The van der Waals surface area contributed by atoms with Gasteiger partial charge in [-0.15, -0.1) is 11.3 Å². The van der Waals surface area contributed by atoms with Gasteiger partial charge in [-0.25, -0.2) is 9.78 Å². The van der Waals surface area contributed by atoms with Crippen LogP contribution in [0.25, 0.3) is 0 Å². The average Bonchev–Trinajstić information content (AvgIpc) is 2.72. The number of carbonyl (C=O) groups excluding carboxylic acids is 2. The van der Waals surface area contributed by atoms with Crippen LogP contribution in [0.15, 0.2) is 0 Å². The number of ether oxygens (including phenoxy) is 1. The third-order valence-electron chi connectivity index (χ3n) is 2.05. The third kappa shape index (κ3) is 4.10. The van der Waals surface area contributed by atoms with Gasteiger partial charge in [-0.3, -0.25) is 4.79 Å². The molecule has 1 aromatic rings. The Bertz CT molecular complexity index is 441. The van der Waals surface area contributed by atoms with Gasteiger partial charge in [0.1, 0.15) is 9.88 Å². The quantitative estimate of drug-likeness (QED) is 0.594. The number of rotatable bonds is 6. The molecule has 1 heterocycles. The summed E-state index contributed by atoms with van der Waals surface area (Å²) in [6.07, 6.45) is 0. The van der Waals surface area contributed by atoms with E-state index in [0.29, 0.717) is 10.8 Å². The molecule has 0 saturated heterocycles. The van der Waals surface area contributed by atoms with Crippen molar-refractivity contribution in [2.24, 2.45) is 5.92 Å². The van der Waals surface area contributed by atoms with E-state index in [4.69, 9.17) is 0 Å². The maximum absolute atomic E-state index is 11.5. The molecule has 0 spiro atoms. The van der Waals surface area contributed by atoms with Crippen molar-refractivity contribution in [3.8, 4) is 0 Å². The number of hydrogen-bond donors (Lipinski definition) is 0. The first-order valence-corrected chi connectivity index (χ1v) is 7.59. The van der Waals surface area contributed by atoms with E-state index < -0.39 is 5.97 Å². The van der Waals surface area contributed by atoms with Crippen molar-refractivity contribution in [1.29, 1.82) is 0 Å². The van der Waals surface area contributed by atoms with Crippen LogP contribution in [0.2, 0.25) is 0 Å². The fourth-order valence-electron chi connectivity index (χ4n) is 1.28. The molecule has 0 unspecified atom stereocenters. The van der Waals surface area contributed by atoms with Gasteiger partial charge in [0.2, 0.25) is 0 Å². The van der Waals surface area contributed by atoms with E-state index in [-0.39, 0.29) is 11.5 Å². The zero-order valence-electron chi connectivity index (χ0n) is 11.0. The van der Waals surface area contributed by atoms with Crippen molar-refractivity contribution in [1.82, 2.24) is 4.98 Å². The summed E-state index contributed by atoms with van der Waals surface area (Å²) in [5, 5.41) is 0.797. The number of esters is 1. The van der Waals surface area contributed by atoms with Crippen LogP contribution in [0.4, 0.5) is 0 Å². The number of carbonyl (C=O) groups is 2. The minimum Gasteiger partial charge on any atom is -0.464 e. The average molecular weight is 287 g/mol. The highest BCUT2D eigenvalue weighted by Gasteiger charge is 2.21. The first-order valence-electron chi connectivity index (χ1n) is 5.62. The minimum absolute atomic E-state index is 0.145. The van der Waals surface area contributed by atoms with Gasteiger partial charge in [-0.05, 0) is 11.7 Å². The van der Waals surface area contributed by atoms with Gasteiger partial charge in [0.05, 0.1) is 7.11 Å². The van der Waals surface area contributed by atoms with Gasteiger partial charge in [-0.1, -0.05) is 13.8 Å². The van der Waals surface area contributed by atoms with Crippen molar-refractivity contribution in [2.45, 2.75) is 26.5 Å². The summed E-state index contributed by atoms with van der Waals surface area (Å²) in [6, 6.07) is 0. The van der Waals surface area contributed by atoms with E-state index in [0.717, 1.165) is 16.5 Å². The summed E-state index contributed by atoms with van der Waals surface area (Å²) in [7, 11) is 1.29. The number of thioether (sulfide) groups is 1. The van der Waals surface area contributed by atoms with Crippen LogP contribution in [0.3, 0.4) is 0 Å². The largest absolute Gasteiger partial charge is 0.464 e. The Kier molecular flexibility index (Phi) is 5.81. The summed E-state index contributed by atoms with van der Waals surface area (Å²) in [6.45, 7) is 5.73. The van der Waals surface area contributed by atoms with Gasteiger partial charge in [-0.2, -0.15) is 11.8 Å². The van der Waals surface area contributed by atoms with E-state index in [1.807, 2.05) is 0 Å². The summed E-state index contributed by atoms with van der Waals surface area (Å²) < 4.78 is 4.63. The maximum Gasteiger partial charge on any atom is 0.358 e. The molecule has 6 heteroatoms. The molecule has 100 valence electrons. The van der Waals surface area contributed by atoms with Crippen LogP contribution in [-0.2, 0) is 10.5 Å². The zero-order valence-corrected chi connectivity index (χ0v) is 12.6. The predicted molar refractivity (Wildman–Crippen MR) is 74.5 cm³/mol. The zero-order chi connectivity index (χ0) is 13.7. The molecule has 0 aliphatic carbocycles. The van der Waals surface area contributed by atoms with Crippen LogP contribution >= 0.6 is 23.1 Å². The van der Waals surface area contributed by atoms with E-state index in [2.05, 4.69) is 23.6 Å². The van der Waals surface area contributed by atoms with Crippen LogP contribution in [0, 0.1) is 5.92 Å². The van der Waals surface area contributed by atoms with Crippen molar-refractivity contribution in [3.63, 3.8) is 0 Å². The number of nitrogens with zero attached hydrogens (tertiary/aromatic N) is 1. The highest BCUT2D eigenvalue weighted by atomic mass is 32.2. The Balaban J connectivity index is 2.82. The Morgan fingerprint density at radius 3 is 2.61 bits per heavy atom. The van der Waals surface area contributed by atoms with E-state index in [1.54, 1.807) is 11.8 Å². The molecule has 1 rings (SSSR count). The number of methoxy groups -OCH3 is 1. The smallest absolute Gasteiger partial charge is 0.358 e. The van der Waals surface area contributed by atoms with Crippen LogP contribution in [0.5, 0.6) is 0 Å². The number of Topliss-reactive ketones (excluding diaryl/α,β-unsaturated/α-hetero) is 1. The lowest BCUT2D eigenvalue weighted by atomic mass is 10.3. The predicted octanol–water partition coefficient (Wildman–Crippen LogP) is 3.02. The summed E-state index contributed by atoms with van der Waals surface area (Å²) in [4.78, 5) is 27.5. The Morgan fingerprint density at radius 2 is 2.11 bits per heavy atom. The minimum atomic E-state index is -0.545. The van der Waals surface area contributed by atoms with Crippen molar-refractivity contribution in [2.75, 3.05) is 12.9 Å². The summed E-state index contributed by atoms with van der Waals surface area (Å²) in [5.41, 5.74) is 0.148. The molecular formula is C12H17NO3S2. The van der Waals surface area contributed by atoms with Crippen molar-refractivity contribution >= 4 is 34.9 Å². The molecule has 1 aromatic heterocycles. The fraction of sp³-hybridized carbons (Fsp3) is 0.583. The van der Waals surface area contributed by atoms with Crippen LogP contribution in [0.1, 0.15) is 45.9 Å². The standard InChI is InChI=1S/C12H17NO3S2/c1-7(2)5-17-6-9-13-10(12(15)16-4)11(18-9)8(3)14/h7H,5-6H2,1-4H3. The van der Waals surface area contributed by atoms with Crippen LogP contribution in [-0.4, -0.2) is 29.6 Å². The molecule has 0 radical (unpaired) electrons. The van der Waals surface area contributed by atoms with Gasteiger partial charge >= 0.3 is 5.97 Å². The molecule has 0 aromatic carbocycles. The molecule has 0 aliphatic heterocycles. The molecule has 0 amide bonds. The molecule has 18 heavy (non-hydrogen) atoms. The maximum atomic E-state index is 11.5. The molecule has 4 nitrogen and oxygen atoms in total. The Labute approximate surface area is 115 Å². The lowest BCUT2D eigenvalue weighted by Crippen LogP contribution is -2.07. The van der Waals surface area contributed by atoms with E-state index >= 15 is 0 Å². The van der Waals surface area contributed by atoms with Gasteiger partial charge in [0, 0.05) is 12.7 Å². The molecule has 0 aliphatic rings. The lowest BCUT2D eigenvalue weighted by Gasteiger charge is -2.01. The molecule has 0 N–H and O–H groups in total. The highest BCUT2D eigenvalue weighted by Crippen LogP contribution is 2.24. The van der Waals surface area contributed by atoms with Gasteiger partial charge < -0.3 is 4.74 Å². The van der Waals surface area contributed by atoms with Gasteiger partial charge in [0.25, 0.3) is 0 Å². The number of thiazole rings is 1. The van der Waals surface area contributed by atoms with Crippen molar-refractivity contribution < 1.29 is 14.3 Å². The Hall–Kier alpha value is -0.880. The van der Waals surface area contributed by atoms with Gasteiger partial charge in [0.15, 0.2) is 11.5 Å². The molecule has 0 saturated carbocycles. The number of ketones is 1. The fourth-order valence-corrected chi connectivity index (χ4v) is 3.34. The first kappa shape index (κ1) is 15.2. The summed E-state index contributed by atoms with van der Waals surface area (Å²) in [5.74, 6) is 1.68. The third-order valence-corrected chi connectivity index (χ3v) is 4.77. The normalized spacial score (nSPS) is 10.7. The Morgan fingerprint density at radius 1 is 1.44 bits per heavy atom. The van der Waals surface area contributed by atoms with Crippen LogP contribution < -0.4 is 0 Å². The monoisotopic (exact) mass is 287 g/mol.